The van der Waals surface area contributed by atoms with Crippen LogP contribution in [0.25, 0.3) is 0 Å². The van der Waals surface area contributed by atoms with Crippen LogP contribution in [0, 0.1) is 8.99 Å². The fourth-order valence-corrected chi connectivity index (χ4v) is 9.90. The molecule has 0 aromatic heterocycles. The highest BCUT2D eigenvalue weighted by Crippen LogP contribution is 2.59. The maximum atomic E-state index is 15.0. The number of nitrogens with zero attached hydrogens (tertiary/aromatic N) is 1. The third-order valence-corrected chi connectivity index (χ3v) is 12.6. The van der Waals surface area contributed by atoms with Crippen molar-refractivity contribution in [1.29, 1.82) is 0 Å². The Kier molecular flexibility index (Phi) is 7.90. The van der Waals surface area contributed by atoms with Crippen molar-refractivity contribution in [1.82, 2.24) is 4.90 Å². The molecule has 0 N–H and O–H groups in total. The maximum absolute atomic E-state index is 15.0. The van der Waals surface area contributed by atoms with Gasteiger partial charge in [0.1, 0.15) is 10.2 Å². The monoisotopic (exact) mass is 771 g/mol. The van der Waals surface area contributed by atoms with Gasteiger partial charge in [0.25, 0.3) is 0 Å². The van der Waals surface area contributed by atoms with Gasteiger partial charge in [-0.15, -0.1) is 0 Å². The number of hydrogen-bond acceptors (Lipinski definition) is 3. The Bertz CT molecular complexity index is 1550. The molecule has 2 atom stereocenters. The molecule has 1 amide bonds. The standard InChI is InChI=1S/C28H24F10INO3S/c29-25(27(33,34)35,28(36,37)38)17-4-9-20-16(15-17)3-10-21-24(20,44(42,43)19-7-5-18(39)6-8-19)13-14-40(21)22(41)23(26(30,31)32)11-1-2-12-23/h4-9,15,21H,1-3,10-14H2/t21-,24-/m1/s1. The number of likely N-dealkylation sites (tertiary alicyclic amines) is 1. The first-order valence-electron chi connectivity index (χ1n) is 13.5. The predicted molar refractivity (Wildman–Crippen MR) is 145 cm³/mol. The van der Waals surface area contributed by atoms with Gasteiger partial charge in [-0.05, 0) is 90.1 Å². The summed E-state index contributed by atoms with van der Waals surface area (Å²) in [5, 5.41) is 0. The van der Waals surface area contributed by atoms with Gasteiger partial charge >= 0.3 is 24.2 Å². The second-order valence-corrected chi connectivity index (χ2v) is 14.9. The number of amides is 1. The normalized spacial score (nSPS) is 24.2. The summed E-state index contributed by atoms with van der Waals surface area (Å²) in [6.45, 7) is -0.454. The second kappa shape index (κ2) is 10.5. The van der Waals surface area contributed by atoms with Gasteiger partial charge in [0.15, 0.2) is 9.84 Å². The lowest BCUT2D eigenvalue weighted by atomic mass is 9.76. The second-order valence-electron chi connectivity index (χ2n) is 11.5. The minimum absolute atomic E-state index is 0.116. The quantitative estimate of drug-likeness (QED) is 0.235. The van der Waals surface area contributed by atoms with E-state index < -0.39 is 100 Å². The van der Waals surface area contributed by atoms with Crippen molar-refractivity contribution in [3.8, 4) is 0 Å². The zero-order valence-electron chi connectivity index (χ0n) is 22.5. The Labute approximate surface area is 259 Å². The zero-order chi connectivity index (χ0) is 32.7. The third kappa shape index (κ3) is 4.57. The topological polar surface area (TPSA) is 54.5 Å². The van der Waals surface area contributed by atoms with E-state index in [-0.39, 0.29) is 34.9 Å². The van der Waals surface area contributed by atoms with Crippen LogP contribution >= 0.6 is 22.6 Å². The molecule has 1 aliphatic heterocycles. The Balaban J connectivity index is 1.71. The number of aryl methyl sites for hydroxylation is 1. The van der Waals surface area contributed by atoms with Gasteiger partial charge in [0.2, 0.25) is 5.91 Å². The number of carbonyl (C=O) groups is 1. The van der Waals surface area contributed by atoms with E-state index in [1.807, 2.05) is 22.6 Å². The molecule has 16 heteroatoms. The molecular formula is C28H24F10INO3S. The van der Waals surface area contributed by atoms with Crippen LogP contribution in [0.2, 0.25) is 0 Å². The Morgan fingerprint density at radius 1 is 0.841 bits per heavy atom. The Morgan fingerprint density at radius 3 is 1.93 bits per heavy atom. The van der Waals surface area contributed by atoms with Crippen molar-refractivity contribution in [2.45, 2.75) is 84.8 Å². The molecule has 3 aliphatic rings. The molecule has 1 saturated heterocycles. The summed E-state index contributed by atoms with van der Waals surface area (Å²) in [5.41, 5.74) is -10.9. The van der Waals surface area contributed by atoms with Crippen molar-refractivity contribution >= 4 is 38.3 Å². The SMILES string of the molecule is O=C(N1CC[C@@]2(S(=O)(=O)c3ccc(I)cc3)c3ccc(C(F)(C(F)(F)F)C(F)(F)F)cc3CC[C@@H]12)C1(C(F)(F)F)CCCC1. The van der Waals surface area contributed by atoms with E-state index >= 15 is 0 Å². The number of carbonyl (C=O) groups excluding carboxylic acids is 1. The fraction of sp³-hybridized carbons (Fsp3) is 0.536. The zero-order valence-corrected chi connectivity index (χ0v) is 25.5. The van der Waals surface area contributed by atoms with Crippen LogP contribution in [0.3, 0.4) is 0 Å². The molecule has 242 valence electrons. The van der Waals surface area contributed by atoms with Gasteiger partial charge in [-0.1, -0.05) is 31.0 Å². The summed E-state index contributed by atoms with van der Waals surface area (Å²) >= 11 is 1.90. The van der Waals surface area contributed by atoms with Crippen LogP contribution in [0.15, 0.2) is 47.4 Å². The molecule has 2 aromatic carbocycles. The minimum atomic E-state index is -6.41. The largest absolute Gasteiger partial charge is 0.435 e. The summed E-state index contributed by atoms with van der Waals surface area (Å²) in [7, 11) is -4.66. The van der Waals surface area contributed by atoms with E-state index in [0.29, 0.717) is 15.7 Å². The van der Waals surface area contributed by atoms with Gasteiger partial charge in [-0.3, -0.25) is 4.79 Å². The van der Waals surface area contributed by atoms with Crippen LogP contribution in [0.5, 0.6) is 0 Å². The molecule has 4 nitrogen and oxygen atoms in total. The van der Waals surface area contributed by atoms with E-state index in [1.165, 1.54) is 24.3 Å². The number of fused-ring (bicyclic) bond motifs is 3. The first-order chi connectivity index (χ1) is 20.1. The van der Waals surface area contributed by atoms with E-state index in [0.717, 1.165) is 4.90 Å². The highest BCUT2D eigenvalue weighted by Gasteiger charge is 2.74. The molecule has 0 unspecified atom stereocenters. The lowest BCUT2D eigenvalue weighted by Crippen LogP contribution is -2.57. The molecule has 0 bridgehead atoms. The summed E-state index contributed by atoms with van der Waals surface area (Å²) in [5.74, 6) is -1.30. The molecule has 2 fully saturated rings. The molecular weight excluding hydrogens is 747 g/mol. The third-order valence-electron chi connectivity index (χ3n) is 9.34. The van der Waals surface area contributed by atoms with Crippen molar-refractivity contribution in [3.63, 3.8) is 0 Å². The van der Waals surface area contributed by atoms with Crippen LogP contribution in [-0.2, 0) is 31.5 Å². The van der Waals surface area contributed by atoms with Gasteiger partial charge in [0.05, 0.1) is 10.9 Å². The number of rotatable bonds is 4. The summed E-state index contributed by atoms with van der Waals surface area (Å²) in [6.07, 6.45) is -19.8. The first-order valence-corrected chi connectivity index (χ1v) is 16.1. The molecule has 1 saturated carbocycles. The van der Waals surface area contributed by atoms with Gasteiger partial charge in [0, 0.05) is 15.7 Å². The van der Waals surface area contributed by atoms with Gasteiger partial charge in [-0.25, -0.2) is 12.8 Å². The number of halogens is 11. The van der Waals surface area contributed by atoms with Crippen molar-refractivity contribution in [3.05, 3.63) is 62.7 Å². The van der Waals surface area contributed by atoms with Gasteiger partial charge in [-0.2, -0.15) is 39.5 Å². The van der Waals surface area contributed by atoms with E-state index in [2.05, 4.69) is 0 Å². The molecule has 0 spiro atoms. The van der Waals surface area contributed by atoms with E-state index in [1.54, 1.807) is 0 Å². The minimum Gasteiger partial charge on any atom is -0.337 e. The first kappa shape index (κ1) is 33.3. The lowest BCUT2D eigenvalue weighted by molar-refractivity contribution is -0.348. The molecule has 5 rings (SSSR count). The Hall–Kier alpha value is -2.11. The van der Waals surface area contributed by atoms with Crippen LogP contribution in [-0.4, -0.2) is 50.3 Å². The lowest BCUT2D eigenvalue weighted by Gasteiger charge is -2.45. The number of benzene rings is 2. The fourth-order valence-electron chi connectivity index (χ4n) is 7.17. The van der Waals surface area contributed by atoms with E-state index in [4.69, 9.17) is 0 Å². The van der Waals surface area contributed by atoms with Crippen LogP contribution in [0.4, 0.5) is 43.9 Å². The summed E-state index contributed by atoms with van der Waals surface area (Å²) < 4.78 is 167. The van der Waals surface area contributed by atoms with Crippen molar-refractivity contribution in [2.24, 2.45) is 5.41 Å². The van der Waals surface area contributed by atoms with Gasteiger partial charge < -0.3 is 4.90 Å². The maximum Gasteiger partial charge on any atom is 0.435 e. The predicted octanol–water partition coefficient (Wildman–Crippen LogP) is 7.92. The molecule has 1 heterocycles. The molecule has 44 heavy (non-hydrogen) atoms. The van der Waals surface area contributed by atoms with E-state index in [9.17, 15) is 57.1 Å². The molecule has 0 radical (unpaired) electrons. The van der Waals surface area contributed by atoms with Crippen LogP contribution in [0.1, 0.15) is 55.2 Å². The average Bonchev–Trinajstić information content (AvgIpc) is 3.58. The molecule has 2 aromatic rings. The number of hydrogen-bond donors (Lipinski definition) is 0. The van der Waals surface area contributed by atoms with Crippen LogP contribution < -0.4 is 0 Å². The Morgan fingerprint density at radius 2 is 1.41 bits per heavy atom. The summed E-state index contributed by atoms with van der Waals surface area (Å²) in [4.78, 5) is 14.3. The number of alkyl halides is 10. The van der Waals surface area contributed by atoms with Crippen molar-refractivity contribution < 1.29 is 57.1 Å². The van der Waals surface area contributed by atoms with Crippen molar-refractivity contribution in [2.75, 3.05) is 6.54 Å². The highest BCUT2D eigenvalue weighted by molar-refractivity contribution is 14.1. The summed E-state index contributed by atoms with van der Waals surface area (Å²) in [6, 6.07) is 5.13. The highest BCUT2D eigenvalue weighted by atomic mass is 127. The average molecular weight is 771 g/mol. The smallest absolute Gasteiger partial charge is 0.337 e. The number of sulfone groups is 1. The molecule has 2 aliphatic carbocycles.